The molecule has 0 radical (unpaired) electrons. The third-order valence-corrected chi connectivity index (χ3v) is 16.7. The molecule has 2 heteroatoms. The van der Waals surface area contributed by atoms with Crippen molar-refractivity contribution in [3.05, 3.63) is 241 Å². The van der Waals surface area contributed by atoms with Gasteiger partial charge in [-0.1, -0.05) is 179 Å². The zero-order valence-electron chi connectivity index (χ0n) is 41.7. The Morgan fingerprint density at radius 2 is 1.01 bits per heavy atom. The predicted octanol–water partition coefficient (Wildman–Crippen LogP) is 17.7. The van der Waals surface area contributed by atoms with Crippen molar-refractivity contribution < 1.29 is 9.13 Å². The van der Waals surface area contributed by atoms with Crippen LogP contribution in [0.3, 0.4) is 0 Å². The minimum Gasteiger partial charge on any atom is -0.194 e. The molecular weight excluding hydrogens is 869 g/mol. The van der Waals surface area contributed by atoms with E-state index in [0.717, 1.165) is 25.7 Å². The maximum atomic E-state index is 2.69. The van der Waals surface area contributed by atoms with Crippen molar-refractivity contribution >= 4 is 32.3 Å². The van der Waals surface area contributed by atoms with Crippen LogP contribution in [-0.2, 0) is 11.8 Å². The predicted molar refractivity (Wildman–Crippen MR) is 301 cm³/mol. The zero-order chi connectivity index (χ0) is 48.3. The van der Waals surface area contributed by atoms with E-state index in [1.165, 1.54) is 129 Å². The van der Waals surface area contributed by atoms with Crippen molar-refractivity contribution in [2.75, 3.05) is 0 Å². The van der Waals surface area contributed by atoms with E-state index in [1.54, 1.807) is 0 Å². The van der Waals surface area contributed by atoms with Crippen LogP contribution in [0.25, 0.3) is 99.3 Å². The van der Waals surface area contributed by atoms with E-state index < -0.39 is 0 Å². The summed E-state index contributed by atoms with van der Waals surface area (Å²) < 4.78 is 5.33. The summed E-state index contributed by atoms with van der Waals surface area (Å²) in [6, 6.07) is 80.6. The first kappa shape index (κ1) is 44.0. The van der Waals surface area contributed by atoms with Gasteiger partial charge in [0.05, 0.1) is 27.3 Å². The highest BCUT2D eigenvalue weighted by molar-refractivity contribution is 5.99. The van der Waals surface area contributed by atoms with Crippen molar-refractivity contribution in [2.24, 2.45) is 0 Å². The van der Waals surface area contributed by atoms with Gasteiger partial charge in [-0.25, -0.2) is 0 Å². The first-order chi connectivity index (χ1) is 35.5. The van der Waals surface area contributed by atoms with Crippen LogP contribution >= 0.6 is 0 Å². The van der Waals surface area contributed by atoms with Gasteiger partial charge >= 0.3 is 0 Å². The van der Waals surface area contributed by atoms with Gasteiger partial charge in [-0.2, -0.15) is 9.13 Å². The van der Waals surface area contributed by atoms with Crippen LogP contribution in [0.4, 0.5) is 0 Å². The van der Waals surface area contributed by atoms with Crippen LogP contribution in [0.5, 0.6) is 0 Å². The molecule has 9 aromatic carbocycles. The lowest BCUT2D eigenvalue weighted by atomic mass is 9.63. The lowest BCUT2D eigenvalue weighted by Crippen LogP contribution is -2.57. The quantitative estimate of drug-likeness (QED) is 0.114. The molecule has 2 nitrogen and oxygen atoms in total. The molecule has 0 saturated carbocycles. The molecule has 0 spiro atoms. The number of aryl methyl sites for hydroxylation is 1. The first-order valence-corrected chi connectivity index (χ1v) is 26.5. The average molecular weight is 929 g/mol. The lowest BCUT2D eigenvalue weighted by molar-refractivity contribution is -0.731. The molecule has 0 saturated heterocycles. The highest BCUT2D eigenvalue weighted by atomic mass is 15.1. The number of hydrogen-bond donors (Lipinski definition) is 0. The molecule has 11 aromatic rings. The first-order valence-electron chi connectivity index (χ1n) is 26.5. The monoisotopic (exact) mass is 928 g/mol. The summed E-state index contributed by atoms with van der Waals surface area (Å²) in [4.78, 5) is 0. The van der Waals surface area contributed by atoms with Crippen molar-refractivity contribution in [1.29, 1.82) is 0 Å². The minimum absolute atomic E-state index is 0.120. The molecule has 348 valence electrons. The fraction of sp³-hybridized carbons (Fsp3) is 0.171. The molecule has 3 unspecified atom stereocenters. The molecule has 2 aliphatic rings. The Bertz CT molecular complexity index is 3880. The Morgan fingerprint density at radius 1 is 0.417 bits per heavy atom. The van der Waals surface area contributed by atoms with E-state index >= 15 is 0 Å². The Hall–Kier alpha value is -7.94. The number of nitrogens with zero attached hydrogens (tertiary/aromatic N) is 2. The van der Waals surface area contributed by atoms with Gasteiger partial charge in [-0.05, 0) is 145 Å². The van der Waals surface area contributed by atoms with Crippen LogP contribution in [0.1, 0.15) is 81.6 Å². The fourth-order valence-electron chi connectivity index (χ4n) is 13.3. The second kappa shape index (κ2) is 18.0. The topological polar surface area (TPSA) is 7.76 Å². The summed E-state index contributed by atoms with van der Waals surface area (Å²) in [5.41, 5.74) is 19.5. The summed E-state index contributed by atoms with van der Waals surface area (Å²) in [5.74, 6) is 0. The van der Waals surface area contributed by atoms with Gasteiger partial charge < -0.3 is 0 Å². The normalized spacial score (nSPS) is 16.7. The molecular formula is C70H60N2+2. The van der Waals surface area contributed by atoms with Crippen molar-refractivity contribution in [1.82, 2.24) is 0 Å². The number of aromatic nitrogens is 2. The second-order valence-corrected chi connectivity index (χ2v) is 20.5. The van der Waals surface area contributed by atoms with Gasteiger partial charge in [0, 0.05) is 30.5 Å². The van der Waals surface area contributed by atoms with E-state index in [2.05, 4.69) is 255 Å². The van der Waals surface area contributed by atoms with E-state index in [9.17, 15) is 0 Å². The fourth-order valence-corrected chi connectivity index (χ4v) is 13.3. The van der Waals surface area contributed by atoms with Gasteiger partial charge in [0.25, 0.3) is 0 Å². The van der Waals surface area contributed by atoms with Gasteiger partial charge in [0.2, 0.25) is 11.4 Å². The van der Waals surface area contributed by atoms with Crippen LogP contribution in [0.15, 0.2) is 225 Å². The Balaban J connectivity index is 0.937. The molecule has 0 N–H and O–H groups in total. The lowest BCUT2D eigenvalue weighted by Gasteiger charge is -2.42. The minimum atomic E-state index is -0.120. The van der Waals surface area contributed by atoms with E-state index in [4.69, 9.17) is 0 Å². The van der Waals surface area contributed by atoms with Crippen molar-refractivity contribution in [2.45, 2.75) is 76.8 Å². The summed E-state index contributed by atoms with van der Waals surface area (Å²) in [5, 5.41) is 7.88. The Kier molecular flexibility index (Phi) is 11.0. The number of rotatable bonds is 11. The number of hydrogen-bond acceptors (Lipinski definition) is 0. The SMILES string of the molecule is CCCCc1cccc2c3[n+](ccc12)C(CC)C(CC)(CC1c2ccc(-c4cccc(-c5cc(-c6ccccc6)cc(-c6cccc7ccccc67)c5)c4)cc2-c2c4ccccc4cc[n+]21)c1ccccc1-3. The highest BCUT2D eigenvalue weighted by Crippen LogP contribution is 2.54. The molecule has 3 atom stereocenters. The molecule has 72 heavy (non-hydrogen) atoms. The smallest absolute Gasteiger partial charge is 0.194 e. The third-order valence-electron chi connectivity index (χ3n) is 16.7. The largest absolute Gasteiger partial charge is 0.221 e. The molecule has 4 heterocycles. The number of fused-ring (bicyclic) bond motifs is 11. The molecule has 0 aliphatic carbocycles. The molecule has 13 rings (SSSR count). The maximum absolute atomic E-state index is 2.69. The second-order valence-electron chi connectivity index (χ2n) is 20.5. The molecule has 2 aliphatic heterocycles. The van der Waals surface area contributed by atoms with E-state index in [-0.39, 0.29) is 17.5 Å². The molecule has 2 aromatic heterocycles. The highest BCUT2D eigenvalue weighted by Gasteiger charge is 2.55. The van der Waals surface area contributed by atoms with Gasteiger partial charge in [-0.15, -0.1) is 0 Å². The maximum Gasteiger partial charge on any atom is 0.221 e. The number of pyridine rings is 2. The van der Waals surface area contributed by atoms with Crippen molar-refractivity contribution in [3.63, 3.8) is 0 Å². The number of benzene rings is 9. The number of unbranched alkanes of at least 4 members (excludes halogenated alkanes) is 1. The van der Waals surface area contributed by atoms with Gasteiger partial charge in [0.15, 0.2) is 24.5 Å². The molecule has 0 amide bonds. The standard InChI is InChI=1S/C70H60N2/c1-4-7-20-48-26-19-33-62-59(48)38-40-72-67(5-2)70(6-3,65-34-16-15-31-63(65)69(62)72)46-66-61-36-35-53(45-64(61)68-60-30-14-12-24-50(60)37-39-71(66)68)51-27-17-28-52(41-51)55-42-54(47-21-9-8-10-22-47)43-56(44-55)58-32-18-25-49-23-11-13-29-57(49)58/h8-19,21-45,66-67H,4-7,20,46H2,1-3H3/q+2. The van der Waals surface area contributed by atoms with Crippen molar-refractivity contribution in [3.8, 4) is 67.0 Å². The van der Waals surface area contributed by atoms with Crippen LogP contribution in [-0.4, -0.2) is 0 Å². The summed E-state index contributed by atoms with van der Waals surface area (Å²) in [6.45, 7) is 7.17. The third kappa shape index (κ3) is 7.14. The Labute approximate surface area is 424 Å². The van der Waals surface area contributed by atoms with Gasteiger partial charge in [0.1, 0.15) is 0 Å². The van der Waals surface area contributed by atoms with E-state index in [1.807, 2.05) is 0 Å². The van der Waals surface area contributed by atoms with Gasteiger partial charge in [-0.3, -0.25) is 0 Å². The Morgan fingerprint density at radius 3 is 1.83 bits per heavy atom. The summed E-state index contributed by atoms with van der Waals surface area (Å²) in [6.07, 6.45) is 11.4. The average Bonchev–Trinajstić information content (AvgIpc) is 3.76. The van der Waals surface area contributed by atoms with Crippen LogP contribution < -0.4 is 9.13 Å². The zero-order valence-corrected chi connectivity index (χ0v) is 41.7. The van der Waals surface area contributed by atoms with E-state index in [0.29, 0.717) is 0 Å². The summed E-state index contributed by atoms with van der Waals surface area (Å²) >= 11 is 0. The van der Waals surface area contributed by atoms with Crippen LogP contribution in [0.2, 0.25) is 0 Å². The molecule has 0 bridgehead atoms. The summed E-state index contributed by atoms with van der Waals surface area (Å²) in [7, 11) is 0. The van der Waals surface area contributed by atoms with Crippen LogP contribution in [0, 0.1) is 0 Å². The molecule has 0 fully saturated rings.